The predicted molar refractivity (Wildman–Crippen MR) is 81.4 cm³/mol. The molecule has 0 radical (unpaired) electrons. The zero-order chi connectivity index (χ0) is 15.1. The molecule has 0 aromatic carbocycles. The van der Waals surface area contributed by atoms with Crippen LogP contribution in [0.3, 0.4) is 0 Å². The van der Waals surface area contributed by atoms with Crippen molar-refractivity contribution < 1.29 is 9.59 Å². The van der Waals surface area contributed by atoms with E-state index in [4.69, 9.17) is 6.42 Å². The monoisotopic (exact) mass is 291 g/mol. The molecular formula is C16H25N3O2. The van der Waals surface area contributed by atoms with Crippen molar-refractivity contribution in [3.8, 4) is 12.3 Å². The lowest BCUT2D eigenvalue weighted by molar-refractivity contribution is -0.138. The van der Waals surface area contributed by atoms with Crippen LogP contribution in [0.15, 0.2) is 0 Å². The molecular weight excluding hydrogens is 266 g/mol. The molecule has 21 heavy (non-hydrogen) atoms. The first-order valence-corrected chi connectivity index (χ1v) is 7.92. The molecule has 2 aliphatic heterocycles. The molecule has 0 aliphatic carbocycles. The molecule has 0 aromatic rings. The number of piperidine rings is 2. The van der Waals surface area contributed by atoms with Crippen molar-refractivity contribution in [3.63, 3.8) is 0 Å². The summed E-state index contributed by atoms with van der Waals surface area (Å²) in [6, 6.07) is 0. The van der Waals surface area contributed by atoms with Crippen molar-refractivity contribution in [2.45, 2.75) is 32.1 Å². The standard InChI is InChI=1S/C16H25N3O2/c1-2-8-17-15(20)13-18-11-6-14(7-12-18)16(21)19-9-4-3-5-10-19/h1,14H,3-13H2,(H,17,20). The van der Waals surface area contributed by atoms with Gasteiger partial charge in [0.25, 0.3) is 0 Å². The minimum Gasteiger partial charge on any atom is -0.344 e. The molecule has 0 aromatic heterocycles. The van der Waals surface area contributed by atoms with Gasteiger partial charge in [-0.25, -0.2) is 0 Å². The number of hydrogen-bond acceptors (Lipinski definition) is 3. The number of nitrogens with zero attached hydrogens (tertiary/aromatic N) is 2. The second-order valence-corrected chi connectivity index (χ2v) is 5.92. The van der Waals surface area contributed by atoms with Crippen molar-refractivity contribution >= 4 is 11.8 Å². The van der Waals surface area contributed by atoms with Gasteiger partial charge in [-0.2, -0.15) is 0 Å². The van der Waals surface area contributed by atoms with Crippen molar-refractivity contribution in [2.24, 2.45) is 5.92 Å². The van der Waals surface area contributed by atoms with Gasteiger partial charge in [0.05, 0.1) is 13.1 Å². The Morgan fingerprint density at radius 2 is 1.76 bits per heavy atom. The van der Waals surface area contributed by atoms with Crippen molar-refractivity contribution in [1.82, 2.24) is 15.1 Å². The molecule has 5 nitrogen and oxygen atoms in total. The summed E-state index contributed by atoms with van der Waals surface area (Å²) in [5.74, 6) is 2.83. The Labute approximate surface area is 127 Å². The molecule has 0 saturated carbocycles. The van der Waals surface area contributed by atoms with E-state index in [-0.39, 0.29) is 18.4 Å². The molecule has 2 fully saturated rings. The third-order valence-corrected chi connectivity index (χ3v) is 4.36. The average molecular weight is 291 g/mol. The summed E-state index contributed by atoms with van der Waals surface area (Å²) < 4.78 is 0. The zero-order valence-corrected chi connectivity index (χ0v) is 12.6. The Balaban J connectivity index is 1.71. The highest BCUT2D eigenvalue weighted by atomic mass is 16.2. The second kappa shape index (κ2) is 8.04. The number of likely N-dealkylation sites (tertiary alicyclic amines) is 2. The van der Waals surface area contributed by atoms with Gasteiger partial charge >= 0.3 is 0 Å². The Hall–Kier alpha value is -1.54. The lowest BCUT2D eigenvalue weighted by atomic mass is 9.94. The van der Waals surface area contributed by atoms with Crippen LogP contribution in [0.2, 0.25) is 0 Å². The number of carbonyl (C=O) groups excluding carboxylic acids is 2. The van der Waals surface area contributed by atoms with Gasteiger partial charge in [-0.05, 0) is 45.2 Å². The van der Waals surface area contributed by atoms with Crippen LogP contribution in [0.25, 0.3) is 0 Å². The largest absolute Gasteiger partial charge is 0.344 e. The van der Waals surface area contributed by atoms with Crippen LogP contribution in [0.1, 0.15) is 32.1 Å². The van der Waals surface area contributed by atoms with Crippen LogP contribution in [0, 0.1) is 18.3 Å². The average Bonchev–Trinajstić information content (AvgIpc) is 2.54. The number of nitrogens with one attached hydrogen (secondary N) is 1. The van der Waals surface area contributed by atoms with E-state index in [1.54, 1.807) is 0 Å². The van der Waals surface area contributed by atoms with Crippen LogP contribution < -0.4 is 5.32 Å². The van der Waals surface area contributed by atoms with E-state index in [9.17, 15) is 9.59 Å². The van der Waals surface area contributed by atoms with E-state index < -0.39 is 0 Å². The van der Waals surface area contributed by atoms with Crippen LogP contribution >= 0.6 is 0 Å². The van der Waals surface area contributed by atoms with Gasteiger partial charge < -0.3 is 10.2 Å². The minimum atomic E-state index is -0.0336. The van der Waals surface area contributed by atoms with Gasteiger partial charge in [0.15, 0.2) is 0 Å². The third-order valence-electron chi connectivity index (χ3n) is 4.36. The number of rotatable bonds is 4. The molecule has 116 valence electrons. The maximum absolute atomic E-state index is 12.4. The molecule has 2 aliphatic rings. The van der Waals surface area contributed by atoms with E-state index in [2.05, 4.69) is 16.1 Å². The summed E-state index contributed by atoms with van der Waals surface area (Å²) in [6.07, 6.45) is 10.4. The van der Waals surface area contributed by atoms with E-state index in [0.717, 1.165) is 51.9 Å². The number of carbonyl (C=O) groups is 2. The minimum absolute atomic E-state index is 0.0336. The fraction of sp³-hybridized carbons (Fsp3) is 0.750. The first kappa shape index (κ1) is 15.8. The lowest BCUT2D eigenvalue weighted by Gasteiger charge is -2.35. The topological polar surface area (TPSA) is 52.7 Å². The van der Waals surface area contributed by atoms with Gasteiger partial charge in [0.2, 0.25) is 11.8 Å². The molecule has 0 unspecified atom stereocenters. The molecule has 2 saturated heterocycles. The normalized spacial score (nSPS) is 20.8. The van der Waals surface area contributed by atoms with Crippen LogP contribution in [-0.4, -0.2) is 60.9 Å². The Morgan fingerprint density at radius 1 is 1.10 bits per heavy atom. The SMILES string of the molecule is C#CCNC(=O)CN1CCC(C(=O)N2CCCCC2)CC1. The summed E-state index contributed by atoms with van der Waals surface area (Å²) in [4.78, 5) is 28.2. The fourth-order valence-corrected chi connectivity index (χ4v) is 3.12. The molecule has 0 spiro atoms. The van der Waals surface area contributed by atoms with Gasteiger partial charge in [0, 0.05) is 19.0 Å². The molecule has 2 amide bonds. The lowest BCUT2D eigenvalue weighted by Crippen LogP contribution is -2.46. The van der Waals surface area contributed by atoms with Crippen molar-refractivity contribution in [1.29, 1.82) is 0 Å². The fourth-order valence-electron chi connectivity index (χ4n) is 3.12. The Morgan fingerprint density at radius 3 is 2.38 bits per heavy atom. The van der Waals surface area contributed by atoms with Crippen LogP contribution in [0.5, 0.6) is 0 Å². The van der Waals surface area contributed by atoms with E-state index in [1.807, 2.05) is 4.90 Å². The highest BCUT2D eigenvalue weighted by Gasteiger charge is 2.29. The summed E-state index contributed by atoms with van der Waals surface area (Å²) >= 11 is 0. The molecule has 1 N–H and O–H groups in total. The maximum Gasteiger partial charge on any atom is 0.234 e. The molecule has 5 heteroatoms. The summed E-state index contributed by atoms with van der Waals surface area (Å²) in [5.41, 5.74) is 0. The second-order valence-electron chi connectivity index (χ2n) is 5.92. The van der Waals surface area contributed by atoms with E-state index in [1.165, 1.54) is 6.42 Å². The smallest absolute Gasteiger partial charge is 0.234 e. The van der Waals surface area contributed by atoms with Gasteiger partial charge in [-0.3, -0.25) is 14.5 Å². The number of hydrogen-bond donors (Lipinski definition) is 1. The number of amides is 2. The third kappa shape index (κ3) is 4.75. The van der Waals surface area contributed by atoms with E-state index in [0.29, 0.717) is 12.5 Å². The van der Waals surface area contributed by atoms with Crippen molar-refractivity contribution in [3.05, 3.63) is 0 Å². The molecule has 2 rings (SSSR count). The molecule has 2 heterocycles. The predicted octanol–water partition coefficient (Wildman–Crippen LogP) is 0.460. The number of terminal acetylenes is 1. The highest BCUT2D eigenvalue weighted by molar-refractivity contribution is 5.79. The summed E-state index contributed by atoms with van der Waals surface area (Å²) in [5, 5.41) is 2.67. The van der Waals surface area contributed by atoms with E-state index >= 15 is 0 Å². The maximum atomic E-state index is 12.4. The summed E-state index contributed by atoms with van der Waals surface area (Å²) in [7, 11) is 0. The highest BCUT2D eigenvalue weighted by Crippen LogP contribution is 2.21. The first-order valence-electron chi connectivity index (χ1n) is 7.92. The first-order chi connectivity index (χ1) is 10.2. The Bertz CT molecular complexity index is 402. The zero-order valence-electron chi connectivity index (χ0n) is 12.6. The van der Waals surface area contributed by atoms with Crippen LogP contribution in [-0.2, 0) is 9.59 Å². The van der Waals surface area contributed by atoms with Crippen LogP contribution in [0.4, 0.5) is 0 Å². The Kier molecular flexibility index (Phi) is 6.06. The molecule has 0 bridgehead atoms. The van der Waals surface area contributed by atoms with Gasteiger partial charge in [0.1, 0.15) is 0 Å². The summed E-state index contributed by atoms with van der Waals surface area (Å²) in [6.45, 7) is 4.14. The molecule has 0 atom stereocenters. The van der Waals surface area contributed by atoms with Crippen molar-refractivity contribution in [2.75, 3.05) is 39.3 Å². The quantitative estimate of drug-likeness (QED) is 0.766. The van der Waals surface area contributed by atoms with Gasteiger partial charge in [-0.1, -0.05) is 5.92 Å². The van der Waals surface area contributed by atoms with Gasteiger partial charge in [-0.15, -0.1) is 6.42 Å².